The Balaban J connectivity index is 1.79. The van der Waals surface area contributed by atoms with Crippen LogP contribution < -0.4 is 10.1 Å². The van der Waals surface area contributed by atoms with Gasteiger partial charge in [-0.25, -0.2) is 13.2 Å². The quantitative estimate of drug-likeness (QED) is 0.498. The summed E-state index contributed by atoms with van der Waals surface area (Å²) in [6.45, 7) is 3.20. The summed E-state index contributed by atoms with van der Waals surface area (Å²) in [5.74, 6) is -0.684. The van der Waals surface area contributed by atoms with Crippen LogP contribution in [-0.4, -0.2) is 51.9 Å². The number of benzene rings is 2. The third-order valence-corrected chi connectivity index (χ3v) is 7.83. The molecule has 2 aromatic carbocycles. The van der Waals surface area contributed by atoms with Gasteiger partial charge in [0.25, 0.3) is 0 Å². The van der Waals surface area contributed by atoms with Crippen LogP contribution in [0.1, 0.15) is 22.2 Å². The van der Waals surface area contributed by atoms with E-state index in [1.165, 1.54) is 31.6 Å². The smallest absolute Gasteiger partial charge is 0.348 e. The van der Waals surface area contributed by atoms with E-state index in [4.69, 9.17) is 9.47 Å². The maximum Gasteiger partial charge on any atom is 0.348 e. The highest BCUT2D eigenvalue weighted by molar-refractivity contribution is 7.89. The summed E-state index contributed by atoms with van der Waals surface area (Å²) in [5, 5.41) is 3.50. The van der Waals surface area contributed by atoms with Crippen LogP contribution in [0.25, 0.3) is 10.1 Å². The van der Waals surface area contributed by atoms with Gasteiger partial charge in [0.15, 0.2) is 0 Å². The number of hydrogen-bond donors (Lipinski definition) is 1. The first-order valence-corrected chi connectivity index (χ1v) is 12.0. The number of carbonyl (C=O) groups is 2. The lowest BCUT2D eigenvalue weighted by atomic mass is 10.2. The van der Waals surface area contributed by atoms with Crippen LogP contribution in [0, 0.1) is 6.92 Å². The molecule has 3 aromatic rings. The summed E-state index contributed by atoms with van der Waals surface area (Å²) < 4.78 is 38.3. The van der Waals surface area contributed by atoms with E-state index in [1.807, 2.05) is 0 Å². The van der Waals surface area contributed by atoms with E-state index >= 15 is 0 Å². The molecule has 0 aliphatic carbocycles. The zero-order valence-corrected chi connectivity index (χ0v) is 19.8. The van der Waals surface area contributed by atoms with Gasteiger partial charge in [-0.05, 0) is 54.3 Å². The number of ether oxygens (including phenoxy) is 2. The molecular weight excluding hydrogens is 452 g/mol. The van der Waals surface area contributed by atoms with Crippen molar-refractivity contribution in [3.05, 3.63) is 52.9 Å². The Bertz CT molecular complexity index is 1270. The minimum atomic E-state index is -3.95. The van der Waals surface area contributed by atoms with Gasteiger partial charge >= 0.3 is 5.97 Å². The van der Waals surface area contributed by atoms with Gasteiger partial charge in [0.2, 0.25) is 15.9 Å². The van der Waals surface area contributed by atoms with Crippen molar-refractivity contribution < 1.29 is 27.5 Å². The van der Waals surface area contributed by atoms with Gasteiger partial charge in [0.1, 0.15) is 15.5 Å². The fourth-order valence-corrected chi connectivity index (χ4v) is 5.78. The second kappa shape index (κ2) is 9.68. The maximum atomic E-state index is 13.2. The second-order valence-electron chi connectivity index (χ2n) is 6.99. The van der Waals surface area contributed by atoms with Gasteiger partial charge in [-0.15, -0.1) is 11.3 Å². The largest absolute Gasteiger partial charge is 0.495 e. The van der Waals surface area contributed by atoms with Crippen molar-refractivity contribution in [1.29, 1.82) is 0 Å². The molecular formula is C22H24N2O6S2. The highest BCUT2D eigenvalue weighted by Crippen LogP contribution is 2.29. The molecule has 0 aliphatic heterocycles. The number of hydrogen-bond acceptors (Lipinski definition) is 7. The Morgan fingerprint density at radius 1 is 1.09 bits per heavy atom. The molecule has 0 radical (unpaired) electrons. The van der Waals surface area contributed by atoms with Crippen molar-refractivity contribution in [2.24, 2.45) is 0 Å². The predicted molar refractivity (Wildman–Crippen MR) is 124 cm³/mol. The van der Waals surface area contributed by atoms with Gasteiger partial charge in [0.05, 0.1) is 20.8 Å². The number of anilines is 1. The van der Waals surface area contributed by atoms with Crippen molar-refractivity contribution in [1.82, 2.24) is 4.31 Å². The summed E-state index contributed by atoms with van der Waals surface area (Å²) in [5.41, 5.74) is 1.26. The van der Waals surface area contributed by atoms with Gasteiger partial charge < -0.3 is 14.8 Å². The average molecular weight is 477 g/mol. The zero-order valence-electron chi connectivity index (χ0n) is 18.2. The molecule has 1 amide bonds. The molecule has 1 N–H and O–H groups in total. The van der Waals surface area contributed by atoms with Crippen LogP contribution in [0.15, 0.2) is 47.4 Å². The molecule has 1 heterocycles. The maximum absolute atomic E-state index is 13.2. The minimum Gasteiger partial charge on any atom is -0.495 e. The Morgan fingerprint density at radius 3 is 2.50 bits per heavy atom. The second-order valence-corrected chi connectivity index (χ2v) is 9.98. The average Bonchev–Trinajstić information content (AvgIpc) is 3.20. The standard InChI is InChI=1S/C22H24N2O6S2/c1-5-24(32(27,28)20-10-14(2)6-8-17(20)29-3)13-21(25)23-16-7-9-18-15(11-16)12-19(31-18)22(26)30-4/h6-12H,5,13H2,1-4H3,(H,23,25). The number of thiophene rings is 1. The molecule has 0 fully saturated rings. The van der Waals surface area contributed by atoms with E-state index in [-0.39, 0.29) is 23.7 Å². The summed E-state index contributed by atoms with van der Waals surface area (Å²) in [7, 11) is -1.23. The first kappa shape index (κ1) is 23.7. The highest BCUT2D eigenvalue weighted by atomic mass is 32.2. The molecule has 0 saturated carbocycles. The van der Waals surface area contributed by atoms with Crippen LogP contribution in [0.4, 0.5) is 5.69 Å². The number of esters is 1. The monoisotopic (exact) mass is 476 g/mol. The van der Waals surface area contributed by atoms with Gasteiger partial charge in [0, 0.05) is 16.9 Å². The Kier molecular flexibility index (Phi) is 7.17. The highest BCUT2D eigenvalue weighted by Gasteiger charge is 2.28. The summed E-state index contributed by atoms with van der Waals surface area (Å²) in [4.78, 5) is 24.9. The molecule has 0 bridgehead atoms. The number of methoxy groups -OCH3 is 2. The number of fused-ring (bicyclic) bond motifs is 1. The first-order valence-electron chi connectivity index (χ1n) is 9.76. The molecule has 0 spiro atoms. The molecule has 0 atom stereocenters. The van der Waals surface area contributed by atoms with E-state index in [2.05, 4.69) is 5.32 Å². The van der Waals surface area contributed by atoms with E-state index in [1.54, 1.807) is 50.2 Å². The van der Waals surface area contributed by atoms with Crippen molar-refractivity contribution in [2.75, 3.05) is 32.6 Å². The molecule has 170 valence electrons. The lowest BCUT2D eigenvalue weighted by Gasteiger charge is -2.21. The van der Waals surface area contributed by atoms with E-state index in [0.29, 0.717) is 10.6 Å². The Morgan fingerprint density at radius 2 is 1.84 bits per heavy atom. The van der Waals surface area contributed by atoms with Gasteiger partial charge in [-0.3, -0.25) is 4.79 Å². The normalized spacial score (nSPS) is 11.5. The van der Waals surface area contributed by atoms with Crippen molar-refractivity contribution in [3.63, 3.8) is 0 Å². The van der Waals surface area contributed by atoms with Crippen LogP contribution in [0.2, 0.25) is 0 Å². The predicted octanol–water partition coefficient (Wildman–Crippen LogP) is 3.65. The van der Waals surface area contributed by atoms with Gasteiger partial charge in [-0.2, -0.15) is 4.31 Å². The van der Waals surface area contributed by atoms with Crippen LogP contribution in [-0.2, 0) is 19.6 Å². The molecule has 1 aromatic heterocycles. The van der Waals surface area contributed by atoms with Crippen LogP contribution in [0.3, 0.4) is 0 Å². The van der Waals surface area contributed by atoms with Gasteiger partial charge in [-0.1, -0.05) is 13.0 Å². The number of rotatable bonds is 8. The lowest BCUT2D eigenvalue weighted by Crippen LogP contribution is -2.38. The molecule has 8 nitrogen and oxygen atoms in total. The number of nitrogens with one attached hydrogen (secondary N) is 1. The molecule has 0 aliphatic rings. The molecule has 0 saturated heterocycles. The van der Waals surface area contributed by atoms with Crippen molar-refractivity contribution in [3.8, 4) is 5.75 Å². The summed E-state index contributed by atoms with van der Waals surface area (Å²) >= 11 is 1.29. The molecule has 3 rings (SSSR count). The van der Waals surface area contributed by atoms with Crippen LogP contribution in [0.5, 0.6) is 5.75 Å². The molecule has 0 unspecified atom stereocenters. The summed E-state index contributed by atoms with van der Waals surface area (Å²) in [6.07, 6.45) is 0. The minimum absolute atomic E-state index is 0.0182. The Hall–Kier alpha value is -2.95. The fourth-order valence-electron chi connectivity index (χ4n) is 3.17. The SMILES string of the molecule is CCN(CC(=O)Nc1ccc2sc(C(=O)OC)cc2c1)S(=O)(=O)c1cc(C)ccc1OC. The topological polar surface area (TPSA) is 102 Å². The summed E-state index contributed by atoms with van der Waals surface area (Å²) in [6, 6.07) is 11.8. The molecule has 32 heavy (non-hydrogen) atoms. The van der Waals surface area contributed by atoms with Crippen LogP contribution >= 0.6 is 11.3 Å². The lowest BCUT2D eigenvalue weighted by molar-refractivity contribution is -0.116. The van der Waals surface area contributed by atoms with E-state index in [9.17, 15) is 18.0 Å². The Labute approximate surface area is 190 Å². The number of aryl methyl sites for hydroxylation is 1. The fraction of sp³-hybridized carbons (Fsp3) is 0.273. The number of amides is 1. The number of nitrogens with zero attached hydrogens (tertiary/aromatic N) is 1. The third-order valence-electron chi connectivity index (χ3n) is 4.80. The van der Waals surface area contributed by atoms with Crippen molar-refractivity contribution >= 4 is 49.0 Å². The number of carbonyl (C=O) groups excluding carboxylic acids is 2. The third kappa shape index (κ3) is 4.93. The number of sulfonamides is 1. The molecule has 10 heteroatoms. The van der Waals surface area contributed by atoms with E-state index < -0.39 is 21.9 Å². The van der Waals surface area contributed by atoms with E-state index in [0.717, 1.165) is 20.0 Å². The number of likely N-dealkylation sites (N-methyl/N-ethyl adjacent to an activating group) is 1. The van der Waals surface area contributed by atoms with Crippen molar-refractivity contribution in [2.45, 2.75) is 18.7 Å². The zero-order chi connectivity index (χ0) is 23.5. The first-order chi connectivity index (χ1) is 15.2.